The molecule has 1 aromatic heterocycles. The lowest BCUT2D eigenvalue weighted by atomic mass is 9.64. The Hall–Kier alpha value is -2.47. The van der Waals surface area contributed by atoms with Gasteiger partial charge in [0, 0.05) is 37.2 Å². The highest BCUT2D eigenvalue weighted by atomic mass is 35.5. The number of hydrogen-bond acceptors (Lipinski definition) is 4. The Bertz CT molecular complexity index is 1140. The minimum atomic E-state index is -0.494. The second-order valence-electron chi connectivity index (χ2n) is 8.54. The van der Waals surface area contributed by atoms with Gasteiger partial charge in [0.25, 0.3) is 5.56 Å². The third kappa shape index (κ3) is 2.78. The molecule has 0 unspecified atom stereocenters. The van der Waals surface area contributed by atoms with E-state index < -0.39 is 23.1 Å². The first-order valence-corrected chi connectivity index (χ1v) is 9.64. The zero-order valence-corrected chi connectivity index (χ0v) is 17.1. The SMILES string of the molecule is Cn1c2c(c(=O)n(C)c1=O)[C@@H](c1ccc(Cl)cc1)[C@@H]1C(=O)CC(C)(C)CC1=N2. The number of rotatable bonds is 1. The van der Waals surface area contributed by atoms with Gasteiger partial charge in [0.15, 0.2) is 0 Å². The number of halogens is 1. The van der Waals surface area contributed by atoms with E-state index in [0.717, 1.165) is 15.8 Å². The molecule has 0 amide bonds. The second kappa shape index (κ2) is 6.27. The molecule has 1 aliphatic carbocycles. The van der Waals surface area contributed by atoms with Gasteiger partial charge in [-0.2, -0.15) is 0 Å². The minimum absolute atomic E-state index is 0.0801. The molecule has 2 aromatic rings. The molecule has 1 aliphatic heterocycles. The third-order valence-electron chi connectivity index (χ3n) is 5.81. The molecular formula is C21H22ClN3O3. The molecule has 28 heavy (non-hydrogen) atoms. The van der Waals surface area contributed by atoms with Crippen LogP contribution in [0.4, 0.5) is 5.82 Å². The van der Waals surface area contributed by atoms with Crippen LogP contribution in [0.3, 0.4) is 0 Å². The molecule has 7 heteroatoms. The van der Waals surface area contributed by atoms with Crippen LogP contribution in [0.25, 0.3) is 0 Å². The van der Waals surface area contributed by atoms with Crippen molar-refractivity contribution in [2.24, 2.45) is 30.4 Å². The van der Waals surface area contributed by atoms with E-state index in [1.165, 1.54) is 11.6 Å². The molecule has 6 nitrogen and oxygen atoms in total. The summed E-state index contributed by atoms with van der Waals surface area (Å²) in [5, 5.41) is 0.582. The number of ketones is 1. The lowest BCUT2D eigenvalue weighted by Gasteiger charge is -2.40. The lowest BCUT2D eigenvalue weighted by Crippen LogP contribution is -2.47. The van der Waals surface area contributed by atoms with E-state index in [9.17, 15) is 14.4 Å². The maximum absolute atomic E-state index is 13.2. The average molecular weight is 400 g/mol. The van der Waals surface area contributed by atoms with Crippen LogP contribution in [0.2, 0.25) is 5.02 Å². The summed E-state index contributed by atoms with van der Waals surface area (Å²) in [6.45, 7) is 4.08. The summed E-state index contributed by atoms with van der Waals surface area (Å²) in [7, 11) is 3.06. The van der Waals surface area contributed by atoms with Crippen molar-refractivity contribution >= 4 is 28.9 Å². The van der Waals surface area contributed by atoms with E-state index in [1.54, 1.807) is 19.2 Å². The van der Waals surface area contributed by atoms with Crippen LogP contribution < -0.4 is 11.2 Å². The highest BCUT2D eigenvalue weighted by Gasteiger charge is 2.47. The van der Waals surface area contributed by atoms with E-state index >= 15 is 0 Å². The quantitative estimate of drug-likeness (QED) is 0.740. The molecule has 1 saturated carbocycles. The molecule has 1 aromatic carbocycles. The second-order valence-corrected chi connectivity index (χ2v) is 8.97. The van der Waals surface area contributed by atoms with Crippen LogP contribution in [-0.2, 0) is 18.9 Å². The number of aliphatic imine (C=N–C) groups is 1. The summed E-state index contributed by atoms with van der Waals surface area (Å²) >= 11 is 6.05. The topological polar surface area (TPSA) is 73.4 Å². The summed E-state index contributed by atoms with van der Waals surface area (Å²) in [5.41, 5.74) is 0.936. The molecule has 0 radical (unpaired) electrons. The molecule has 0 N–H and O–H groups in total. The number of aromatic nitrogens is 2. The highest BCUT2D eigenvalue weighted by molar-refractivity contribution is 6.30. The summed E-state index contributed by atoms with van der Waals surface area (Å²) in [6, 6.07) is 7.20. The highest BCUT2D eigenvalue weighted by Crippen LogP contribution is 2.47. The molecule has 0 spiro atoms. The van der Waals surface area contributed by atoms with Gasteiger partial charge in [-0.3, -0.25) is 18.7 Å². The number of hydrogen-bond donors (Lipinski definition) is 0. The van der Waals surface area contributed by atoms with Crippen LogP contribution in [-0.4, -0.2) is 20.6 Å². The summed E-state index contributed by atoms with van der Waals surface area (Å²) in [6.07, 6.45) is 1.08. The Kier molecular flexibility index (Phi) is 4.23. The maximum atomic E-state index is 13.2. The van der Waals surface area contributed by atoms with Gasteiger partial charge in [-0.25, -0.2) is 9.79 Å². The predicted octanol–water partition coefficient (Wildman–Crippen LogP) is 2.96. The van der Waals surface area contributed by atoms with E-state index in [1.807, 2.05) is 26.0 Å². The minimum Gasteiger partial charge on any atom is -0.299 e. The van der Waals surface area contributed by atoms with E-state index in [0.29, 0.717) is 29.2 Å². The van der Waals surface area contributed by atoms with Crippen molar-refractivity contribution in [1.82, 2.24) is 9.13 Å². The van der Waals surface area contributed by atoms with Gasteiger partial charge in [-0.05, 0) is 29.5 Å². The number of Topliss-reactive ketones (excluding diaryl/α,β-unsaturated/α-hetero) is 1. The smallest absolute Gasteiger partial charge is 0.299 e. The Morgan fingerprint density at radius 1 is 1.00 bits per heavy atom. The first-order valence-electron chi connectivity index (χ1n) is 9.26. The molecular weight excluding hydrogens is 378 g/mol. The van der Waals surface area contributed by atoms with Crippen molar-refractivity contribution in [2.75, 3.05) is 0 Å². The number of carbonyl (C=O) groups excluding carboxylic acids is 1. The Morgan fingerprint density at radius 2 is 1.64 bits per heavy atom. The summed E-state index contributed by atoms with van der Waals surface area (Å²) < 4.78 is 2.48. The van der Waals surface area contributed by atoms with Crippen molar-refractivity contribution in [2.45, 2.75) is 32.6 Å². The summed E-state index contributed by atoms with van der Waals surface area (Å²) in [4.78, 5) is 43.4. The first kappa shape index (κ1) is 18.9. The molecule has 0 saturated heterocycles. The van der Waals surface area contributed by atoms with Gasteiger partial charge in [0.1, 0.15) is 11.6 Å². The van der Waals surface area contributed by atoms with Crippen molar-refractivity contribution in [3.05, 3.63) is 61.3 Å². The Balaban J connectivity index is 2.07. The van der Waals surface area contributed by atoms with Gasteiger partial charge in [-0.1, -0.05) is 37.6 Å². The largest absolute Gasteiger partial charge is 0.332 e. The normalized spacial score (nSPS) is 23.0. The van der Waals surface area contributed by atoms with Crippen molar-refractivity contribution < 1.29 is 4.79 Å². The molecule has 2 aliphatic rings. The van der Waals surface area contributed by atoms with Gasteiger partial charge >= 0.3 is 5.69 Å². The van der Waals surface area contributed by atoms with Crippen LogP contribution in [0.15, 0.2) is 38.8 Å². The van der Waals surface area contributed by atoms with Crippen molar-refractivity contribution in [3.8, 4) is 0 Å². The molecule has 2 heterocycles. The number of carbonyl (C=O) groups is 1. The van der Waals surface area contributed by atoms with Crippen LogP contribution in [0, 0.1) is 11.3 Å². The Labute approximate surface area is 167 Å². The lowest BCUT2D eigenvalue weighted by molar-refractivity contribution is -0.124. The molecule has 2 atom stereocenters. The van der Waals surface area contributed by atoms with Gasteiger partial charge in [0.2, 0.25) is 0 Å². The first-order chi connectivity index (χ1) is 13.1. The van der Waals surface area contributed by atoms with Gasteiger partial charge < -0.3 is 0 Å². The van der Waals surface area contributed by atoms with Crippen LogP contribution in [0.5, 0.6) is 0 Å². The van der Waals surface area contributed by atoms with E-state index in [-0.39, 0.29) is 11.2 Å². The molecule has 4 rings (SSSR count). The monoisotopic (exact) mass is 399 g/mol. The van der Waals surface area contributed by atoms with Gasteiger partial charge in [0.05, 0.1) is 11.5 Å². The summed E-state index contributed by atoms with van der Waals surface area (Å²) in [5.74, 6) is -0.540. The fourth-order valence-corrected chi connectivity index (χ4v) is 4.64. The zero-order chi connectivity index (χ0) is 20.4. The molecule has 0 bridgehead atoms. The fourth-order valence-electron chi connectivity index (χ4n) is 4.52. The predicted molar refractivity (Wildman–Crippen MR) is 109 cm³/mol. The maximum Gasteiger partial charge on any atom is 0.332 e. The number of benzene rings is 1. The zero-order valence-electron chi connectivity index (χ0n) is 16.3. The number of nitrogens with zero attached hydrogens (tertiary/aromatic N) is 3. The average Bonchev–Trinajstić information content (AvgIpc) is 2.63. The van der Waals surface area contributed by atoms with E-state index in [4.69, 9.17) is 11.6 Å². The third-order valence-corrected chi connectivity index (χ3v) is 6.06. The van der Waals surface area contributed by atoms with Crippen LogP contribution in [0.1, 0.15) is 43.7 Å². The van der Waals surface area contributed by atoms with Gasteiger partial charge in [-0.15, -0.1) is 0 Å². The standard InChI is InChI=1S/C21H22ClN3O3/c1-21(2)9-13-16(14(26)10-21)15(11-5-7-12(22)8-6-11)17-18(23-13)24(3)20(28)25(4)19(17)27/h5-8,15-16H,9-10H2,1-4H3/t15-,16-/m0/s1. The number of fused-ring (bicyclic) bond motifs is 2. The van der Waals surface area contributed by atoms with Crippen molar-refractivity contribution in [1.29, 1.82) is 0 Å². The van der Waals surface area contributed by atoms with E-state index in [2.05, 4.69) is 4.99 Å². The Morgan fingerprint density at radius 3 is 2.29 bits per heavy atom. The fraction of sp³-hybridized carbons (Fsp3) is 0.429. The van der Waals surface area contributed by atoms with Crippen LogP contribution >= 0.6 is 11.6 Å². The molecule has 146 valence electrons. The molecule has 1 fully saturated rings. The van der Waals surface area contributed by atoms with Crippen molar-refractivity contribution in [3.63, 3.8) is 0 Å².